The summed E-state index contributed by atoms with van der Waals surface area (Å²) >= 11 is 0. The Bertz CT molecular complexity index is 1040. The largest absolute Gasteiger partial charge is 0.331 e. The molecule has 5 nitrogen and oxygen atoms in total. The third-order valence-corrected chi connectivity index (χ3v) is 7.97. The molecule has 4 rings (SSSR count). The molecule has 0 aromatic heterocycles. The Morgan fingerprint density at radius 3 is 2.23 bits per heavy atom. The normalized spacial score (nSPS) is 22.3. The molecular formula is C24H29FN2O3S. The predicted molar refractivity (Wildman–Crippen MR) is 117 cm³/mol. The van der Waals surface area contributed by atoms with Gasteiger partial charge in [-0.2, -0.15) is 4.31 Å². The van der Waals surface area contributed by atoms with Gasteiger partial charge in [0, 0.05) is 36.8 Å². The van der Waals surface area contributed by atoms with Gasteiger partial charge in [0.1, 0.15) is 5.82 Å². The molecule has 1 saturated heterocycles. The molecular weight excluding hydrogens is 415 g/mol. The number of piperidine rings is 1. The smallest absolute Gasteiger partial charge is 0.254 e. The van der Waals surface area contributed by atoms with Crippen LogP contribution in [0.3, 0.4) is 0 Å². The molecule has 1 aliphatic carbocycles. The van der Waals surface area contributed by atoms with Crippen LogP contribution in [-0.2, 0) is 16.6 Å². The van der Waals surface area contributed by atoms with Gasteiger partial charge in [0.25, 0.3) is 5.91 Å². The summed E-state index contributed by atoms with van der Waals surface area (Å²) in [5.74, 6) is 0.122. The van der Waals surface area contributed by atoms with E-state index in [1.165, 1.54) is 18.2 Å². The first-order valence-corrected chi connectivity index (χ1v) is 12.3. The van der Waals surface area contributed by atoms with Crippen molar-refractivity contribution in [3.05, 3.63) is 65.5 Å². The summed E-state index contributed by atoms with van der Waals surface area (Å²) in [6, 6.07) is 12.8. The summed E-state index contributed by atoms with van der Waals surface area (Å²) in [7, 11) is -3.59. The maximum Gasteiger partial charge on any atom is 0.254 e. The highest BCUT2D eigenvalue weighted by molar-refractivity contribution is 7.89. The van der Waals surface area contributed by atoms with Crippen LogP contribution in [0.4, 0.5) is 4.39 Å². The molecule has 1 saturated carbocycles. The Kier molecular flexibility index (Phi) is 6.17. The van der Waals surface area contributed by atoms with Crippen molar-refractivity contribution >= 4 is 15.9 Å². The lowest BCUT2D eigenvalue weighted by Gasteiger charge is -2.34. The third kappa shape index (κ3) is 4.83. The van der Waals surface area contributed by atoms with Gasteiger partial charge in [0.2, 0.25) is 10.0 Å². The zero-order valence-electron chi connectivity index (χ0n) is 18.0. The van der Waals surface area contributed by atoms with Crippen LogP contribution in [0.1, 0.15) is 49.0 Å². The lowest BCUT2D eigenvalue weighted by atomic mass is 9.94. The van der Waals surface area contributed by atoms with E-state index in [0.717, 1.165) is 19.3 Å². The highest BCUT2D eigenvalue weighted by Crippen LogP contribution is 2.31. The first-order valence-electron chi connectivity index (χ1n) is 10.9. The number of amides is 1. The molecule has 2 atom stereocenters. The van der Waals surface area contributed by atoms with Crippen LogP contribution < -0.4 is 0 Å². The topological polar surface area (TPSA) is 57.7 Å². The summed E-state index contributed by atoms with van der Waals surface area (Å²) in [6.07, 6.45) is 2.83. The van der Waals surface area contributed by atoms with E-state index in [1.807, 2.05) is 0 Å². The molecule has 2 aromatic carbocycles. The maximum absolute atomic E-state index is 14.1. The number of hydrogen-bond acceptors (Lipinski definition) is 3. The summed E-state index contributed by atoms with van der Waals surface area (Å²) in [4.78, 5) is 15.0. The van der Waals surface area contributed by atoms with E-state index < -0.39 is 10.0 Å². The molecule has 0 N–H and O–H groups in total. The van der Waals surface area contributed by atoms with Crippen molar-refractivity contribution < 1.29 is 17.6 Å². The molecule has 0 spiro atoms. The molecule has 31 heavy (non-hydrogen) atoms. The Morgan fingerprint density at radius 1 is 1.03 bits per heavy atom. The fraction of sp³-hybridized carbons (Fsp3) is 0.458. The number of benzene rings is 2. The summed E-state index contributed by atoms with van der Waals surface area (Å²) in [5.41, 5.74) is 0.901. The number of carbonyl (C=O) groups excluding carboxylic acids is 1. The second kappa shape index (κ2) is 8.71. The van der Waals surface area contributed by atoms with Gasteiger partial charge in [-0.3, -0.25) is 4.79 Å². The van der Waals surface area contributed by atoms with E-state index >= 15 is 0 Å². The minimum atomic E-state index is -3.59. The number of nitrogens with zero attached hydrogens (tertiary/aromatic N) is 2. The second-order valence-electron chi connectivity index (χ2n) is 9.05. The van der Waals surface area contributed by atoms with Crippen LogP contribution in [0.25, 0.3) is 0 Å². The lowest BCUT2D eigenvalue weighted by Crippen LogP contribution is -2.42. The molecule has 166 valence electrons. The Balaban J connectivity index is 1.52. The van der Waals surface area contributed by atoms with Crippen molar-refractivity contribution in [3.8, 4) is 0 Å². The summed E-state index contributed by atoms with van der Waals surface area (Å²) < 4.78 is 41.8. The molecule has 2 aromatic rings. The second-order valence-corrected chi connectivity index (χ2v) is 11.0. The fourth-order valence-corrected chi connectivity index (χ4v) is 6.13. The van der Waals surface area contributed by atoms with Gasteiger partial charge in [-0.05, 0) is 61.4 Å². The molecule has 1 aliphatic heterocycles. The van der Waals surface area contributed by atoms with Crippen molar-refractivity contribution in [3.63, 3.8) is 0 Å². The van der Waals surface area contributed by atoms with E-state index in [9.17, 15) is 17.6 Å². The van der Waals surface area contributed by atoms with Crippen molar-refractivity contribution in [2.75, 3.05) is 13.1 Å². The number of halogens is 1. The lowest BCUT2D eigenvalue weighted by molar-refractivity contribution is 0.0728. The van der Waals surface area contributed by atoms with Gasteiger partial charge < -0.3 is 4.90 Å². The molecule has 0 radical (unpaired) electrons. The van der Waals surface area contributed by atoms with Crippen molar-refractivity contribution in [2.24, 2.45) is 11.8 Å². The first kappa shape index (κ1) is 22.0. The van der Waals surface area contributed by atoms with Crippen LogP contribution in [-0.4, -0.2) is 42.7 Å². The number of hydrogen-bond donors (Lipinski definition) is 0. The van der Waals surface area contributed by atoms with Crippen molar-refractivity contribution in [1.82, 2.24) is 9.21 Å². The van der Waals surface area contributed by atoms with Crippen LogP contribution >= 0.6 is 0 Å². The highest BCUT2D eigenvalue weighted by atomic mass is 32.2. The molecule has 1 heterocycles. The van der Waals surface area contributed by atoms with Crippen LogP contribution in [0, 0.1) is 17.7 Å². The Labute approximate surface area is 183 Å². The van der Waals surface area contributed by atoms with E-state index in [0.29, 0.717) is 36.1 Å². The van der Waals surface area contributed by atoms with Gasteiger partial charge in [0.05, 0.1) is 4.90 Å². The first-order chi connectivity index (χ1) is 14.8. The molecule has 2 fully saturated rings. The fourth-order valence-electron chi connectivity index (χ4n) is 4.45. The van der Waals surface area contributed by atoms with Gasteiger partial charge in [-0.25, -0.2) is 12.8 Å². The molecule has 2 aliphatic rings. The van der Waals surface area contributed by atoms with Crippen molar-refractivity contribution in [1.29, 1.82) is 0 Å². The van der Waals surface area contributed by atoms with Crippen molar-refractivity contribution in [2.45, 2.75) is 50.6 Å². The number of sulfonamides is 1. The molecule has 7 heteroatoms. The van der Waals surface area contributed by atoms with Gasteiger partial charge >= 0.3 is 0 Å². The highest BCUT2D eigenvalue weighted by Gasteiger charge is 2.34. The average Bonchev–Trinajstić information content (AvgIpc) is 3.57. The molecule has 1 amide bonds. The number of rotatable bonds is 6. The maximum atomic E-state index is 14.1. The van der Waals surface area contributed by atoms with E-state index in [4.69, 9.17) is 0 Å². The summed E-state index contributed by atoms with van der Waals surface area (Å²) in [5, 5.41) is 0. The van der Waals surface area contributed by atoms with Crippen LogP contribution in [0.15, 0.2) is 53.4 Å². The van der Waals surface area contributed by atoms with Gasteiger partial charge in [0.15, 0.2) is 0 Å². The molecule has 0 bridgehead atoms. The van der Waals surface area contributed by atoms with Gasteiger partial charge in [-0.1, -0.05) is 32.0 Å². The SMILES string of the molecule is CC1CC(C)CN(S(=O)(=O)c2ccc(C(=O)N(Cc3ccccc3F)C3CC3)cc2)C1. The monoisotopic (exact) mass is 444 g/mol. The zero-order chi connectivity index (χ0) is 22.2. The Hall–Kier alpha value is -2.25. The third-order valence-electron chi connectivity index (χ3n) is 6.12. The van der Waals surface area contributed by atoms with E-state index in [2.05, 4.69) is 13.8 Å². The van der Waals surface area contributed by atoms with E-state index in [-0.39, 0.29) is 29.2 Å². The standard InChI is InChI=1S/C24H29FN2O3S/c1-17-13-18(2)15-26(14-17)31(29,30)22-11-7-19(8-12-22)24(28)27(21-9-10-21)16-20-5-3-4-6-23(20)25/h3-8,11-12,17-18,21H,9-10,13-16H2,1-2H3. The average molecular weight is 445 g/mol. The van der Waals surface area contributed by atoms with Crippen LogP contribution in [0.5, 0.6) is 0 Å². The number of carbonyl (C=O) groups is 1. The quantitative estimate of drug-likeness (QED) is 0.668. The molecule has 2 unspecified atom stereocenters. The summed E-state index contributed by atoms with van der Waals surface area (Å²) in [6.45, 7) is 5.39. The van der Waals surface area contributed by atoms with E-state index in [1.54, 1.807) is 39.5 Å². The Morgan fingerprint density at radius 2 is 1.65 bits per heavy atom. The predicted octanol–water partition coefficient (Wildman–Crippen LogP) is 4.30. The van der Waals surface area contributed by atoms with Gasteiger partial charge in [-0.15, -0.1) is 0 Å². The van der Waals surface area contributed by atoms with Crippen LogP contribution in [0.2, 0.25) is 0 Å². The zero-order valence-corrected chi connectivity index (χ0v) is 18.8. The minimum absolute atomic E-state index is 0.104. The minimum Gasteiger partial charge on any atom is -0.331 e.